The zero-order valence-corrected chi connectivity index (χ0v) is 6.53. The first-order chi connectivity index (χ1) is 5.77. The van der Waals surface area contributed by atoms with E-state index in [1.54, 1.807) is 0 Å². The van der Waals surface area contributed by atoms with Crippen molar-refractivity contribution >= 4 is 12.4 Å². The summed E-state index contributed by atoms with van der Waals surface area (Å²) in [6.45, 7) is 0. The van der Waals surface area contributed by atoms with Gasteiger partial charge in [0.15, 0.2) is 5.76 Å². The van der Waals surface area contributed by atoms with Crippen LogP contribution in [0, 0.1) is 5.41 Å². The molecule has 0 saturated heterocycles. The molecular weight excluding hydrogens is 158 g/mol. The molecule has 0 atom stereocenters. The van der Waals surface area contributed by atoms with E-state index in [1.807, 2.05) is 0 Å². The number of nitrogens with zero attached hydrogens (tertiary/aromatic N) is 1. The predicted molar refractivity (Wildman–Crippen MR) is 45.2 cm³/mol. The van der Waals surface area contributed by atoms with Gasteiger partial charge >= 0.3 is 0 Å². The Balaban J connectivity index is 2.78. The largest absolute Gasteiger partial charge is 0.504 e. The minimum Gasteiger partial charge on any atom is -0.504 e. The summed E-state index contributed by atoms with van der Waals surface area (Å²) in [7, 11) is 1.50. The fraction of sp³-hybridized carbons (Fsp3) is 0.143. The standard InChI is InChI=1S/C7H9N3O2/c1-12-7-4-9-5(3-10-7)6(11)2-8/h2-4,8-9,11H,1H3/b6-5+,8-2?. The quantitative estimate of drug-likeness (QED) is 0.414. The van der Waals surface area contributed by atoms with Crippen molar-refractivity contribution in [3.05, 3.63) is 23.5 Å². The summed E-state index contributed by atoms with van der Waals surface area (Å²) >= 11 is 0. The topological polar surface area (TPSA) is 77.7 Å². The average Bonchev–Trinajstić information content (AvgIpc) is 2.17. The Hall–Kier alpha value is -1.78. The maximum absolute atomic E-state index is 9.05. The third-order valence-electron chi connectivity index (χ3n) is 1.29. The van der Waals surface area contributed by atoms with E-state index in [9.17, 15) is 0 Å². The molecule has 1 aliphatic heterocycles. The van der Waals surface area contributed by atoms with Crippen LogP contribution in [-0.4, -0.2) is 24.6 Å². The van der Waals surface area contributed by atoms with Crippen LogP contribution in [0.2, 0.25) is 0 Å². The van der Waals surface area contributed by atoms with E-state index in [2.05, 4.69) is 10.3 Å². The highest BCUT2D eigenvalue weighted by Gasteiger charge is 2.04. The number of allylic oxidation sites excluding steroid dienone is 2. The second kappa shape index (κ2) is 3.56. The van der Waals surface area contributed by atoms with E-state index in [1.165, 1.54) is 19.5 Å². The molecule has 0 aliphatic carbocycles. The minimum absolute atomic E-state index is 0.162. The van der Waals surface area contributed by atoms with Gasteiger partial charge in [0.2, 0.25) is 5.88 Å². The molecule has 1 rings (SSSR count). The summed E-state index contributed by atoms with van der Waals surface area (Å²) in [4.78, 5) is 3.83. The van der Waals surface area contributed by atoms with Gasteiger partial charge in [0.05, 0.1) is 25.7 Å². The number of rotatable bonds is 2. The summed E-state index contributed by atoms with van der Waals surface area (Å²) < 4.78 is 4.79. The summed E-state index contributed by atoms with van der Waals surface area (Å²) in [6, 6.07) is 0. The normalized spacial score (nSPS) is 19.2. The van der Waals surface area contributed by atoms with Gasteiger partial charge in [-0.1, -0.05) is 0 Å². The van der Waals surface area contributed by atoms with E-state index < -0.39 is 0 Å². The summed E-state index contributed by atoms with van der Waals surface area (Å²) in [6.07, 6.45) is 3.72. The highest BCUT2D eigenvalue weighted by molar-refractivity contribution is 5.88. The third-order valence-corrected chi connectivity index (χ3v) is 1.29. The molecule has 3 N–H and O–H groups in total. The Bertz CT molecular complexity index is 278. The van der Waals surface area contributed by atoms with E-state index in [-0.39, 0.29) is 5.76 Å². The summed E-state index contributed by atoms with van der Waals surface area (Å²) in [5, 5.41) is 18.5. The molecule has 0 bridgehead atoms. The van der Waals surface area contributed by atoms with E-state index in [4.69, 9.17) is 15.3 Å². The lowest BCUT2D eigenvalue weighted by molar-refractivity contribution is 0.285. The van der Waals surface area contributed by atoms with Gasteiger partial charge in [-0.15, -0.1) is 0 Å². The predicted octanol–water partition coefficient (Wildman–Crippen LogP) is 0.525. The molecule has 1 aliphatic rings. The second-order valence-electron chi connectivity index (χ2n) is 2.03. The van der Waals surface area contributed by atoms with Gasteiger partial charge < -0.3 is 20.6 Å². The maximum atomic E-state index is 9.05. The summed E-state index contributed by atoms with van der Waals surface area (Å²) in [5.74, 6) is 0.265. The van der Waals surface area contributed by atoms with Crippen molar-refractivity contribution in [3.63, 3.8) is 0 Å². The van der Waals surface area contributed by atoms with Crippen LogP contribution in [0.15, 0.2) is 28.5 Å². The van der Waals surface area contributed by atoms with Crippen LogP contribution in [0.3, 0.4) is 0 Å². The number of ether oxygens (including phenoxy) is 1. The second-order valence-corrected chi connectivity index (χ2v) is 2.03. The Kier molecular flexibility index (Phi) is 2.47. The first-order valence-electron chi connectivity index (χ1n) is 3.26. The maximum Gasteiger partial charge on any atom is 0.229 e. The number of aliphatic hydroxyl groups is 1. The molecule has 12 heavy (non-hydrogen) atoms. The molecule has 0 fully saturated rings. The van der Waals surface area contributed by atoms with Gasteiger partial charge in [-0.25, -0.2) is 4.99 Å². The highest BCUT2D eigenvalue weighted by Crippen LogP contribution is 2.03. The lowest BCUT2D eigenvalue weighted by Gasteiger charge is -2.09. The zero-order chi connectivity index (χ0) is 8.97. The molecular formula is C7H9N3O2. The molecule has 0 aromatic rings. The molecule has 0 amide bonds. The molecule has 0 spiro atoms. The molecule has 1 heterocycles. The van der Waals surface area contributed by atoms with E-state index in [0.717, 1.165) is 6.21 Å². The van der Waals surface area contributed by atoms with Crippen molar-refractivity contribution in [2.24, 2.45) is 4.99 Å². The molecule has 0 aromatic heterocycles. The molecule has 64 valence electrons. The number of nitrogens with one attached hydrogen (secondary N) is 2. The van der Waals surface area contributed by atoms with Crippen LogP contribution >= 0.6 is 0 Å². The van der Waals surface area contributed by atoms with Crippen LogP contribution in [0.4, 0.5) is 0 Å². The molecule has 0 aromatic carbocycles. The van der Waals surface area contributed by atoms with Crippen molar-refractivity contribution in [1.82, 2.24) is 5.32 Å². The van der Waals surface area contributed by atoms with Crippen LogP contribution in [-0.2, 0) is 4.74 Å². The molecule has 5 heteroatoms. The molecule has 0 radical (unpaired) electrons. The van der Waals surface area contributed by atoms with Gasteiger partial charge in [0.1, 0.15) is 5.70 Å². The molecule has 0 unspecified atom stereocenters. The number of methoxy groups -OCH3 is 1. The number of aliphatic imine (C=N–C) groups is 1. The fourth-order valence-electron chi connectivity index (χ4n) is 0.672. The first-order valence-corrected chi connectivity index (χ1v) is 3.26. The van der Waals surface area contributed by atoms with Crippen LogP contribution < -0.4 is 5.32 Å². The molecule has 5 nitrogen and oxygen atoms in total. The fourth-order valence-corrected chi connectivity index (χ4v) is 0.672. The Morgan fingerprint density at radius 1 is 1.83 bits per heavy atom. The van der Waals surface area contributed by atoms with Gasteiger partial charge in [-0.3, -0.25) is 0 Å². The van der Waals surface area contributed by atoms with Crippen molar-refractivity contribution in [2.45, 2.75) is 0 Å². The van der Waals surface area contributed by atoms with Gasteiger partial charge in [-0.2, -0.15) is 0 Å². The van der Waals surface area contributed by atoms with Gasteiger partial charge in [0.25, 0.3) is 0 Å². The monoisotopic (exact) mass is 167 g/mol. The number of aliphatic hydroxyl groups excluding tert-OH is 1. The average molecular weight is 167 g/mol. The van der Waals surface area contributed by atoms with Crippen molar-refractivity contribution in [2.75, 3.05) is 7.11 Å². The Labute approximate surface area is 69.6 Å². The smallest absolute Gasteiger partial charge is 0.229 e. The van der Waals surface area contributed by atoms with Crippen LogP contribution in [0.5, 0.6) is 0 Å². The SMILES string of the molecule is COC1=CN/C(=C(/O)C=N)C=N1. The van der Waals surface area contributed by atoms with Crippen molar-refractivity contribution < 1.29 is 9.84 Å². The van der Waals surface area contributed by atoms with Crippen molar-refractivity contribution in [3.8, 4) is 0 Å². The number of hydrogen-bond donors (Lipinski definition) is 3. The molecule has 0 saturated carbocycles. The highest BCUT2D eigenvalue weighted by atomic mass is 16.5. The van der Waals surface area contributed by atoms with E-state index in [0.29, 0.717) is 11.6 Å². The third kappa shape index (κ3) is 1.63. The van der Waals surface area contributed by atoms with Crippen molar-refractivity contribution in [1.29, 1.82) is 5.41 Å². The van der Waals surface area contributed by atoms with Crippen LogP contribution in [0.25, 0.3) is 0 Å². The minimum atomic E-state index is -0.162. The van der Waals surface area contributed by atoms with Gasteiger partial charge in [-0.05, 0) is 0 Å². The Morgan fingerprint density at radius 2 is 2.58 bits per heavy atom. The first kappa shape index (κ1) is 8.32. The number of hydrogen-bond acceptors (Lipinski definition) is 5. The lowest BCUT2D eigenvalue weighted by atomic mass is 10.3. The summed E-state index contributed by atoms with van der Waals surface area (Å²) in [5.41, 5.74) is 0.380. The lowest BCUT2D eigenvalue weighted by Crippen LogP contribution is -2.15. The Morgan fingerprint density at radius 3 is 3.00 bits per heavy atom. The van der Waals surface area contributed by atoms with E-state index >= 15 is 0 Å². The van der Waals surface area contributed by atoms with Crippen LogP contribution in [0.1, 0.15) is 0 Å². The van der Waals surface area contributed by atoms with Gasteiger partial charge in [0, 0.05) is 0 Å². The zero-order valence-electron chi connectivity index (χ0n) is 6.53.